The summed E-state index contributed by atoms with van der Waals surface area (Å²) in [6, 6.07) is 8.24. The lowest BCUT2D eigenvalue weighted by Crippen LogP contribution is -2.06. The van der Waals surface area contributed by atoms with E-state index in [0.29, 0.717) is 18.2 Å². The molecule has 0 saturated carbocycles. The van der Waals surface area contributed by atoms with E-state index in [1.54, 1.807) is 0 Å². The average Bonchev–Trinajstić information content (AvgIpc) is 2.94. The number of nitriles is 1. The summed E-state index contributed by atoms with van der Waals surface area (Å²) < 4.78 is 7.86. The quantitative estimate of drug-likeness (QED) is 0.835. The maximum absolute atomic E-state index is 8.96. The minimum atomic E-state index is 0.400. The van der Waals surface area contributed by atoms with Gasteiger partial charge in [-0.2, -0.15) is 10.4 Å². The number of aromatic nitrogens is 2. The number of rotatable bonds is 5. The summed E-state index contributed by atoms with van der Waals surface area (Å²) in [5.74, 6) is 0.840. The second-order valence-electron chi connectivity index (χ2n) is 5.38. The fourth-order valence-corrected chi connectivity index (χ4v) is 2.28. The van der Waals surface area contributed by atoms with Crippen LogP contribution in [-0.4, -0.2) is 9.78 Å². The molecule has 1 aromatic carbocycles. The first-order valence-corrected chi connectivity index (χ1v) is 7.23. The highest BCUT2D eigenvalue weighted by molar-refractivity contribution is 5.47. The molecule has 4 nitrogen and oxygen atoms in total. The standard InChI is InChI=1S/C17H21N3O/c1-5-14(4)20-7-6-16(19-20)11-21-17-12(2)8-15(10-18)9-13(17)3/h6-9,14H,5,11H2,1-4H3. The van der Waals surface area contributed by atoms with Gasteiger partial charge in [0.2, 0.25) is 0 Å². The zero-order valence-corrected chi connectivity index (χ0v) is 13.1. The van der Waals surface area contributed by atoms with Crippen molar-refractivity contribution in [2.24, 2.45) is 0 Å². The Morgan fingerprint density at radius 2 is 2.00 bits per heavy atom. The molecule has 0 radical (unpaired) electrons. The highest BCUT2D eigenvalue weighted by Gasteiger charge is 2.09. The highest BCUT2D eigenvalue weighted by atomic mass is 16.5. The number of hydrogen-bond donors (Lipinski definition) is 0. The SMILES string of the molecule is CCC(C)n1ccc(COc2c(C)cc(C#N)cc2C)n1. The molecule has 110 valence electrons. The molecule has 1 unspecified atom stereocenters. The Morgan fingerprint density at radius 3 is 2.57 bits per heavy atom. The molecule has 0 saturated heterocycles. The number of hydrogen-bond acceptors (Lipinski definition) is 3. The minimum absolute atomic E-state index is 0.400. The predicted molar refractivity (Wildman–Crippen MR) is 82.2 cm³/mol. The molecule has 21 heavy (non-hydrogen) atoms. The van der Waals surface area contributed by atoms with Gasteiger partial charge in [0.15, 0.2) is 0 Å². The largest absolute Gasteiger partial charge is 0.487 e. The van der Waals surface area contributed by atoms with Gasteiger partial charge in [0.25, 0.3) is 0 Å². The molecule has 2 aromatic rings. The zero-order chi connectivity index (χ0) is 15.4. The monoisotopic (exact) mass is 283 g/mol. The van der Waals surface area contributed by atoms with Crippen molar-refractivity contribution >= 4 is 0 Å². The predicted octanol–water partition coefficient (Wildman–Crippen LogP) is 3.92. The van der Waals surface area contributed by atoms with Crippen LogP contribution in [0.4, 0.5) is 0 Å². The summed E-state index contributed by atoms with van der Waals surface area (Å²) in [7, 11) is 0. The van der Waals surface area contributed by atoms with Crippen LogP contribution < -0.4 is 4.74 Å². The summed E-state index contributed by atoms with van der Waals surface area (Å²) in [5.41, 5.74) is 3.54. The molecule has 0 aliphatic rings. The molecule has 0 amide bonds. The van der Waals surface area contributed by atoms with Crippen molar-refractivity contribution in [3.05, 3.63) is 46.8 Å². The van der Waals surface area contributed by atoms with Crippen molar-refractivity contribution in [1.29, 1.82) is 5.26 Å². The van der Waals surface area contributed by atoms with Gasteiger partial charge >= 0.3 is 0 Å². The number of ether oxygens (including phenoxy) is 1. The molecular formula is C17H21N3O. The third kappa shape index (κ3) is 3.43. The highest BCUT2D eigenvalue weighted by Crippen LogP contribution is 2.25. The Bertz CT molecular complexity index is 644. The normalized spacial score (nSPS) is 12.0. The van der Waals surface area contributed by atoms with Gasteiger partial charge in [-0.15, -0.1) is 0 Å². The summed E-state index contributed by atoms with van der Waals surface area (Å²) in [6.45, 7) is 8.65. The molecule has 0 aliphatic heterocycles. The summed E-state index contributed by atoms with van der Waals surface area (Å²) in [5, 5.41) is 13.5. The molecular weight excluding hydrogens is 262 g/mol. The molecule has 1 aromatic heterocycles. The Kier molecular flexibility index (Phi) is 4.64. The molecule has 1 heterocycles. The van der Waals surface area contributed by atoms with E-state index in [2.05, 4.69) is 25.0 Å². The maximum atomic E-state index is 8.96. The smallest absolute Gasteiger partial charge is 0.132 e. The molecule has 4 heteroatoms. The number of aryl methyl sites for hydroxylation is 2. The Balaban J connectivity index is 2.10. The topological polar surface area (TPSA) is 50.8 Å². The Morgan fingerprint density at radius 1 is 1.33 bits per heavy atom. The number of nitrogens with zero attached hydrogens (tertiary/aromatic N) is 3. The molecule has 0 aliphatic carbocycles. The fourth-order valence-electron chi connectivity index (χ4n) is 2.28. The number of benzene rings is 1. The molecule has 0 N–H and O–H groups in total. The van der Waals surface area contributed by atoms with Gasteiger partial charge in [0, 0.05) is 12.2 Å². The van der Waals surface area contributed by atoms with Crippen LogP contribution in [0, 0.1) is 25.2 Å². The van der Waals surface area contributed by atoms with Gasteiger partial charge in [-0.1, -0.05) is 6.92 Å². The van der Waals surface area contributed by atoms with Crippen LogP contribution in [0.2, 0.25) is 0 Å². The van der Waals surface area contributed by atoms with Crippen LogP contribution in [0.5, 0.6) is 5.75 Å². The van der Waals surface area contributed by atoms with E-state index in [4.69, 9.17) is 10.00 Å². The molecule has 1 atom stereocenters. The van der Waals surface area contributed by atoms with Crippen molar-refractivity contribution in [3.63, 3.8) is 0 Å². The average molecular weight is 283 g/mol. The lowest BCUT2D eigenvalue weighted by Gasteiger charge is -2.12. The Labute approximate surface area is 126 Å². The minimum Gasteiger partial charge on any atom is -0.487 e. The first-order chi connectivity index (χ1) is 10.0. The summed E-state index contributed by atoms with van der Waals surface area (Å²) in [6.07, 6.45) is 3.04. The van der Waals surface area contributed by atoms with E-state index >= 15 is 0 Å². The first kappa shape index (κ1) is 15.1. The second kappa shape index (κ2) is 6.45. The Hall–Kier alpha value is -2.28. The van der Waals surface area contributed by atoms with E-state index in [9.17, 15) is 0 Å². The molecule has 0 spiro atoms. The lowest BCUT2D eigenvalue weighted by atomic mass is 10.1. The second-order valence-corrected chi connectivity index (χ2v) is 5.38. The lowest BCUT2D eigenvalue weighted by molar-refractivity contribution is 0.294. The molecule has 0 fully saturated rings. The van der Waals surface area contributed by atoms with Crippen LogP contribution in [0.3, 0.4) is 0 Å². The maximum Gasteiger partial charge on any atom is 0.132 e. The van der Waals surface area contributed by atoms with Gasteiger partial charge in [0.05, 0.1) is 17.3 Å². The van der Waals surface area contributed by atoms with Crippen LogP contribution in [0.1, 0.15) is 48.7 Å². The van der Waals surface area contributed by atoms with Crippen LogP contribution in [0.25, 0.3) is 0 Å². The van der Waals surface area contributed by atoms with Crippen LogP contribution in [-0.2, 0) is 6.61 Å². The van der Waals surface area contributed by atoms with Gasteiger partial charge in [-0.3, -0.25) is 4.68 Å². The van der Waals surface area contributed by atoms with Crippen molar-refractivity contribution in [3.8, 4) is 11.8 Å². The van der Waals surface area contributed by atoms with Gasteiger partial charge in [-0.25, -0.2) is 0 Å². The van der Waals surface area contributed by atoms with Gasteiger partial charge in [0.1, 0.15) is 12.4 Å². The fraction of sp³-hybridized carbons (Fsp3) is 0.412. The van der Waals surface area contributed by atoms with E-state index in [1.165, 1.54) is 0 Å². The van der Waals surface area contributed by atoms with E-state index in [1.807, 2.05) is 42.9 Å². The van der Waals surface area contributed by atoms with E-state index < -0.39 is 0 Å². The third-order valence-corrected chi connectivity index (χ3v) is 3.66. The first-order valence-electron chi connectivity index (χ1n) is 7.23. The zero-order valence-electron chi connectivity index (χ0n) is 13.1. The van der Waals surface area contributed by atoms with Crippen molar-refractivity contribution < 1.29 is 4.74 Å². The summed E-state index contributed by atoms with van der Waals surface area (Å²) in [4.78, 5) is 0. The van der Waals surface area contributed by atoms with Gasteiger partial charge in [-0.05, 0) is 56.5 Å². The van der Waals surface area contributed by atoms with Crippen molar-refractivity contribution in [1.82, 2.24) is 9.78 Å². The van der Waals surface area contributed by atoms with Crippen LogP contribution in [0.15, 0.2) is 24.4 Å². The van der Waals surface area contributed by atoms with Gasteiger partial charge < -0.3 is 4.74 Å². The van der Waals surface area contributed by atoms with E-state index in [0.717, 1.165) is 29.0 Å². The third-order valence-electron chi connectivity index (χ3n) is 3.66. The van der Waals surface area contributed by atoms with Crippen LogP contribution >= 0.6 is 0 Å². The van der Waals surface area contributed by atoms with Crippen molar-refractivity contribution in [2.75, 3.05) is 0 Å². The molecule has 2 rings (SSSR count). The van der Waals surface area contributed by atoms with Crippen molar-refractivity contribution in [2.45, 2.75) is 46.8 Å². The van der Waals surface area contributed by atoms with E-state index in [-0.39, 0.29) is 0 Å². The molecule has 0 bridgehead atoms. The summed E-state index contributed by atoms with van der Waals surface area (Å²) >= 11 is 0.